The van der Waals surface area contributed by atoms with E-state index in [9.17, 15) is 13.2 Å². The number of para-hydroxylation sites is 1. The first-order valence-electron chi connectivity index (χ1n) is 12.1. The number of hydrogen-bond donors (Lipinski definition) is 1. The molecule has 0 saturated heterocycles. The normalized spacial score (nSPS) is 11.8. The van der Waals surface area contributed by atoms with Crippen LogP contribution in [0.25, 0.3) is 28.0 Å². The predicted octanol–water partition coefficient (Wildman–Crippen LogP) is 4.96. The lowest BCUT2D eigenvalue weighted by molar-refractivity contribution is 0.102. The van der Waals surface area contributed by atoms with E-state index >= 15 is 0 Å². The highest BCUT2D eigenvalue weighted by atomic mass is 32.2. The molecule has 0 aliphatic rings. The number of carbonyl (C=O) groups excluding carboxylic acids is 1. The zero-order valence-electron chi connectivity index (χ0n) is 21.9. The molecule has 0 unspecified atom stereocenters. The summed E-state index contributed by atoms with van der Waals surface area (Å²) in [6, 6.07) is 21.7. The van der Waals surface area contributed by atoms with Crippen molar-refractivity contribution in [3.05, 3.63) is 84.1 Å². The molecule has 0 saturated carbocycles. The van der Waals surface area contributed by atoms with E-state index < -0.39 is 10.0 Å². The minimum atomic E-state index is -3.65. The van der Waals surface area contributed by atoms with Crippen molar-refractivity contribution in [3.63, 3.8) is 0 Å². The summed E-state index contributed by atoms with van der Waals surface area (Å²) in [6.07, 6.45) is 0. The number of thioether (sulfide) groups is 1. The van der Waals surface area contributed by atoms with Crippen molar-refractivity contribution in [2.24, 2.45) is 0 Å². The largest absolute Gasteiger partial charge is 0.497 e. The Morgan fingerprint density at radius 3 is 2.56 bits per heavy atom. The fourth-order valence-electron chi connectivity index (χ4n) is 4.38. The predicted molar refractivity (Wildman–Crippen MR) is 152 cm³/mol. The number of aryl methyl sites for hydroxylation is 1. The van der Waals surface area contributed by atoms with Gasteiger partial charge in [0.25, 0.3) is 0 Å². The van der Waals surface area contributed by atoms with Crippen molar-refractivity contribution in [1.29, 1.82) is 0 Å². The Hall–Kier alpha value is -3.93. The van der Waals surface area contributed by atoms with E-state index in [1.165, 1.54) is 30.2 Å². The molecule has 5 aromatic rings. The Morgan fingerprint density at radius 2 is 1.79 bits per heavy atom. The first-order valence-corrected chi connectivity index (χ1v) is 14.5. The zero-order valence-corrected chi connectivity index (χ0v) is 23.5. The molecule has 200 valence electrons. The van der Waals surface area contributed by atoms with E-state index in [1.54, 1.807) is 31.4 Å². The van der Waals surface area contributed by atoms with Crippen molar-refractivity contribution in [2.75, 3.05) is 27.0 Å². The molecule has 11 heteroatoms. The average molecular weight is 562 g/mol. The molecule has 2 aromatic heterocycles. The van der Waals surface area contributed by atoms with Crippen molar-refractivity contribution in [3.8, 4) is 22.8 Å². The van der Waals surface area contributed by atoms with Crippen molar-refractivity contribution >= 4 is 38.5 Å². The molecule has 0 amide bonds. The summed E-state index contributed by atoms with van der Waals surface area (Å²) in [6.45, 7) is 1.89. The lowest BCUT2D eigenvalue weighted by Crippen LogP contribution is -2.22. The van der Waals surface area contributed by atoms with Crippen LogP contribution in [0.3, 0.4) is 0 Å². The van der Waals surface area contributed by atoms with Crippen LogP contribution >= 0.6 is 11.8 Å². The lowest BCUT2D eigenvalue weighted by atomic mass is 10.1. The van der Waals surface area contributed by atoms with Gasteiger partial charge in [0.05, 0.1) is 23.4 Å². The molecule has 0 atom stereocenters. The van der Waals surface area contributed by atoms with Crippen LogP contribution < -0.4 is 4.74 Å². The first kappa shape index (κ1) is 26.7. The van der Waals surface area contributed by atoms with Gasteiger partial charge in [-0.2, -0.15) is 0 Å². The highest BCUT2D eigenvalue weighted by Crippen LogP contribution is 2.32. The van der Waals surface area contributed by atoms with E-state index in [-0.39, 0.29) is 16.4 Å². The van der Waals surface area contributed by atoms with Crippen LogP contribution in [0.1, 0.15) is 16.1 Å². The number of nitrogens with zero attached hydrogens (tertiary/aromatic N) is 4. The Balaban J connectivity index is 1.55. The van der Waals surface area contributed by atoms with Gasteiger partial charge in [0.1, 0.15) is 5.75 Å². The Bertz CT molecular complexity index is 1790. The molecule has 0 aliphatic carbocycles. The summed E-state index contributed by atoms with van der Waals surface area (Å²) < 4.78 is 34.0. The van der Waals surface area contributed by atoms with Crippen molar-refractivity contribution in [1.82, 2.24) is 24.1 Å². The Morgan fingerprint density at radius 1 is 1.03 bits per heavy atom. The molecule has 0 bridgehead atoms. The molecular weight excluding hydrogens is 534 g/mol. The minimum Gasteiger partial charge on any atom is -0.497 e. The van der Waals surface area contributed by atoms with Gasteiger partial charge in [-0.15, -0.1) is 10.2 Å². The monoisotopic (exact) mass is 561 g/mol. The van der Waals surface area contributed by atoms with Gasteiger partial charge < -0.3 is 9.72 Å². The average Bonchev–Trinajstić information content (AvgIpc) is 3.52. The number of fused-ring (bicyclic) bond motifs is 1. The van der Waals surface area contributed by atoms with Crippen LogP contribution in [0.2, 0.25) is 0 Å². The second kappa shape index (κ2) is 10.7. The van der Waals surface area contributed by atoms with Crippen LogP contribution in [0.15, 0.2) is 82.8 Å². The smallest absolute Gasteiger partial charge is 0.242 e. The number of aromatic nitrogens is 4. The van der Waals surface area contributed by atoms with Gasteiger partial charge in [0.15, 0.2) is 16.8 Å². The molecule has 3 aromatic carbocycles. The number of sulfonamides is 1. The molecular formula is C28H27N5O4S2. The molecule has 1 N–H and O–H groups in total. The molecule has 39 heavy (non-hydrogen) atoms. The van der Waals surface area contributed by atoms with Gasteiger partial charge in [-0.1, -0.05) is 48.2 Å². The molecule has 0 radical (unpaired) electrons. The summed E-state index contributed by atoms with van der Waals surface area (Å²) in [5.41, 5.74) is 3.67. The maximum Gasteiger partial charge on any atom is 0.242 e. The number of benzene rings is 3. The van der Waals surface area contributed by atoms with Crippen LogP contribution in [-0.2, 0) is 10.0 Å². The second-order valence-electron chi connectivity index (χ2n) is 9.04. The molecule has 5 rings (SSSR count). The van der Waals surface area contributed by atoms with E-state index in [1.807, 2.05) is 60.0 Å². The van der Waals surface area contributed by atoms with E-state index in [0.717, 1.165) is 16.6 Å². The highest BCUT2D eigenvalue weighted by Gasteiger charge is 2.23. The van der Waals surface area contributed by atoms with Crippen LogP contribution in [0, 0.1) is 6.92 Å². The van der Waals surface area contributed by atoms with Gasteiger partial charge in [0.2, 0.25) is 10.0 Å². The van der Waals surface area contributed by atoms with Crippen molar-refractivity contribution < 1.29 is 17.9 Å². The van der Waals surface area contributed by atoms with E-state index in [0.29, 0.717) is 33.5 Å². The maximum atomic E-state index is 13.4. The molecule has 2 heterocycles. The summed E-state index contributed by atoms with van der Waals surface area (Å²) in [5.74, 6) is 1.19. The van der Waals surface area contributed by atoms with Gasteiger partial charge >= 0.3 is 0 Å². The number of rotatable bonds is 9. The molecule has 9 nitrogen and oxygen atoms in total. The second-order valence-corrected chi connectivity index (χ2v) is 12.1. The van der Waals surface area contributed by atoms with Gasteiger partial charge in [-0.3, -0.25) is 9.36 Å². The van der Waals surface area contributed by atoms with E-state index in [4.69, 9.17) is 4.74 Å². The third-order valence-electron chi connectivity index (χ3n) is 6.32. The summed E-state index contributed by atoms with van der Waals surface area (Å²) in [4.78, 5) is 16.8. The van der Waals surface area contributed by atoms with Gasteiger partial charge in [-0.25, -0.2) is 12.7 Å². The Labute approximate surface area is 230 Å². The quantitative estimate of drug-likeness (QED) is 0.200. The van der Waals surface area contributed by atoms with Crippen LogP contribution in [0.4, 0.5) is 0 Å². The molecule has 0 fully saturated rings. The number of H-pyrrole nitrogens is 1. The lowest BCUT2D eigenvalue weighted by Gasteiger charge is -2.14. The van der Waals surface area contributed by atoms with Crippen molar-refractivity contribution in [2.45, 2.75) is 17.0 Å². The number of methoxy groups -OCH3 is 1. The zero-order chi connectivity index (χ0) is 27.7. The third-order valence-corrected chi connectivity index (χ3v) is 9.06. The highest BCUT2D eigenvalue weighted by molar-refractivity contribution is 7.99. The number of aromatic amines is 1. The summed E-state index contributed by atoms with van der Waals surface area (Å²) in [7, 11) is 0.905. The third kappa shape index (κ3) is 5.08. The summed E-state index contributed by atoms with van der Waals surface area (Å²) >= 11 is 1.27. The Kier molecular flexibility index (Phi) is 7.30. The fraction of sp³-hybridized carbons (Fsp3) is 0.179. The fourth-order valence-corrected chi connectivity index (χ4v) is 6.15. The SMILES string of the molecule is COc1cccc(-n2c(SCC(=O)c3c(C)[nH]c4ccccc34)nnc2-c2cccc(S(=O)(=O)N(C)C)c2)c1. The number of ether oxygens (including phenoxy) is 1. The molecule has 0 aliphatic heterocycles. The topological polar surface area (TPSA) is 110 Å². The minimum absolute atomic E-state index is 0.0317. The first-order chi connectivity index (χ1) is 18.7. The number of nitrogens with one attached hydrogen (secondary N) is 1. The number of Topliss-reactive ketones (excluding diaryl/α,β-unsaturated/α-hetero) is 1. The van der Waals surface area contributed by atoms with Gasteiger partial charge in [-0.05, 0) is 37.3 Å². The van der Waals surface area contributed by atoms with Crippen LogP contribution in [0.5, 0.6) is 5.75 Å². The molecule has 0 spiro atoms. The number of hydrogen-bond acceptors (Lipinski definition) is 7. The summed E-state index contributed by atoms with van der Waals surface area (Å²) in [5, 5.41) is 10.2. The van der Waals surface area contributed by atoms with E-state index in [2.05, 4.69) is 15.2 Å². The standard InChI is InChI=1S/C28H27N5O4S2/c1-18-26(23-13-5-6-14-24(23)29-18)25(34)17-38-28-31-30-27(33(28)20-10-8-11-21(16-20)37-4)19-9-7-12-22(15-19)39(35,36)32(2)3/h5-16,29H,17H2,1-4H3. The van der Waals surface area contributed by atoms with Gasteiger partial charge in [0, 0.05) is 47.9 Å². The number of carbonyl (C=O) groups is 1. The van der Waals surface area contributed by atoms with Crippen LogP contribution in [-0.4, -0.2) is 65.2 Å². The number of ketones is 1. The maximum absolute atomic E-state index is 13.4.